The van der Waals surface area contributed by atoms with Crippen LogP contribution in [-0.4, -0.2) is 28.8 Å². The summed E-state index contributed by atoms with van der Waals surface area (Å²) in [6, 6.07) is 9.04. The zero-order chi connectivity index (χ0) is 15.6. The first-order chi connectivity index (χ1) is 11.3. The van der Waals surface area contributed by atoms with Crippen molar-refractivity contribution in [2.45, 2.75) is 38.6 Å². The van der Waals surface area contributed by atoms with Gasteiger partial charge in [0.1, 0.15) is 0 Å². The Kier molecular flexibility index (Phi) is 2.70. The number of hydrogen-bond acceptors (Lipinski definition) is 2. The first kappa shape index (κ1) is 13.6. The molecule has 0 bridgehead atoms. The highest BCUT2D eigenvalue weighted by Gasteiger charge is 2.50. The molecule has 0 spiro atoms. The summed E-state index contributed by atoms with van der Waals surface area (Å²) in [5.74, 6) is 0. The number of piperidine rings is 1. The first-order valence-electron chi connectivity index (χ1n) is 8.84. The second kappa shape index (κ2) is 4.57. The molecule has 2 aromatic rings. The van der Waals surface area contributed by atoms with Crippen LogP contribution in [0.15, 0.2) is 30.3 Å². The van der Waals surface area contributed by atoms with Crippen LogP contribution in [0.5, 0.6) is 0 Å². The van der Waals surface area contributed by atoms with Crippen molar-refractivity contribution in [2.75, 3.05) is 13.1 Å². The van der Waals surface area contributed by atoms with Gasteiger partial charge in [-0.05, 0) is 49.9 Å². The third-order valence-corrected chi connectivity index (χ3v) is 6.40. The summed E-state index contributed by atoms with van der Waals surface area (Å²) in [6.45, 7) is 4.63. The lowest BCUT2D eigenvalue weighted by Gasteiger charge is -2.53. The van der Waals surface area contributed by atoms with Crippen molar-refractivity contribution in [3.8, 4) is 0 Å². The summed E-state index contributed by atoms with van der Waals surface area (Å²) in [4.78, 5) is 14.6. The van der Waals surface area contributed by atoms with Gasteiger partial charge in [0, 0.05) is 23.0 Å². The molecule has 4 heterocycles. The summed E-state index contributed by atoms with van der Waals surface area (Å²) in [6.07, 6.45) is 8.00. The normalized spacial score (nSPS) is 29.3. The summed E-state index contributed by atoms with van der Waals surface area (Å²) < 4.78 is 2.26. The molecular weight excluding hydrogens is 284 g/mol. The molecule has 0 N–H and O–H groups in total. The molecular formula is C20H22N2O. The van der Waals surface area contributed by atoms with Crippen LogP contribution in [0, 0.1) is 5.41 Å². The highest BCUT2D eigenvalue weighted by Crippen LogP contribution is 2.56. The van der Waals surface area contributed by atoms with Gasteiger partial charge in [-0.15, -0.1) is 0 Å². The van der Waals surface area contributed by atoms with E-state index in [1.165, 1.54) is 41.5 Å². The minimum atomic E-state index is 0.133. The zero-order valence-corrected chi connectivity index (χ0v) is 13.6. The van der Waals surface area contributed by atoms with E-state index in [1.54, 1.807) is 0 Å². The standard InChI is InChI=1S/C20H22N2O/c1-2-20-9-5-10-21-11-8-16-15-6-3-4-7-17(15)22(14(12-20)13-23)18(16)19(20)21/h3-4,6-7,12-13,19H,2,5,8-11H2,1H3/t19-,20+/m1/s1. The summed E-state index contributed by atoms with van der Waals surface area (Å²) in [5.41, 5.74) is 5.07. The molecule has 1 fully saturated rings. The van der Waals surface area contributed by atoms with Gasteiger partial charge >= 0.3 is 0 Å². The molecule has 1 aromatic carbocycles. The van der Waals surface area contributed by atoms with Crippen LogP contribution < -0.4 is 0 Å². The molecule has 0 aliphatic carbocycles. The Bertz CT molecular complexity index is 847. The largest absolute Gasteiger partial charge is 0.309 e. The van der Waals surface area contributed by atoms with Gasteiger partial charge in [-0.25, -0.2) is 0 Å². The van der Waals surface area contributed by atoms with Crippen molar-refractivity contribution < 1.29 is 4.79 Å². The van der Waals surface area contributed by atoms with E-state index in [2.05, 4.69) is 46.7 Å². The Morgan fingerprint density at radius 3 is 3.00 bits per heavy atom. The first-order valence-corrected chi connectivity index (χ1v) is 8.84. The number of carbonyl (C=O) groups is 1. The van der Waals surface area contributed by atoms with Gasteiger partial charge in [-0.3, -0.25) is 9.69 Å². The molecule has 3 aliphatic heterocycles. The average Bonchev–Trinajstić information content (AvgIpc) is 2.95. The molecule has 3 nitrogen and oxygen atoms in total. The minimum absolute atomic E-state index is 0.133. The second-order valence-corrected chi connectivity index (χ2v) is 7.28. The lowest BCUT2D eigenvalue weighted by Crippen LogP contribution is -2.50. The summed E-state index contributed by atoms with van der Waals surface area (Å²) >= 11 is 0. The van der Waals surface area contributed by atoms with Gasteiger partial charge in [0.05, 0.1) is 17.3 Å². The van der Waals surface area contributed by atoms with Crippen LogP contribution in [0.1, 0.15) is 43.5 Å². The molecule has 0 saturated carbocycles. The minimum Gasteiger partial charge on any atom is -0.309 e. The number of benzene rings is 1. The fourth-order valence-corrected chi connectivity index (χ4v) is 5.41. The van der Waals surface area contributed by atoms with E-state index in [0.717, 1.165) is 31.4 Å². The van der Waals surface area contributed by atoms with E-state index >= 15 is 0 Å². The number of aldehydes is 1. The molecule has 23 heavy (non-hydrogen) atoms. The predicted molar refractivity (Wildman–Crippen MR) is 92.3 cm³/mol. The number of hydrogen-bond donors (Lipinski definition) is 0. The maximum absolute atomic E-state index is 11.9. The van der Waals surface area contributed by atoms with E-state index in [4.69, 9.17) is 0 Å². The van der Waals surface area contributed by atoms with Crippen molar-refractivity contribution in [1.29, 1.82) is 0 Å². The highest BCUT2D eigenvalue weighted by atomic mass is 16.1. The van der Waals surface area contributed by atoms with Gasteiger partial charge < -0.3 is 4.57 Å². The number of nitrogens with zero attached hydrogens (tertiary/aromatic N) is 2. The quantitative estimate of drug-likeness (QED) is 0.789. The Labute approximate surface area is 136 Å². The smallest absolute Gasteiger partial charge is 0.166 e. The lowest BCUT2D eigenvalue weighted by atomic mass is 9.66. The lowest BCUT2D eigenvalue weighted by molar-refractivity contribution is -0.103. The third-order valence-electron chi connectivity index (χ3n) is 6.40. The molecule has 3 heteroatoms. The Hall–Kier alpha value is -1.87. The SMILES string of the molecule is CC[C@@]12C=C(C=O)n3c4c(c5ccccc53)CCN(CCC1)[C@H]42. The predicted octanol–water partition coefficient (Wildman–Crippen LogP) is 3.78. The Morgan fingerprint density at radius 1 is 1.30 bits per heavy atom. The number of para-hydroxylation sites is 1. The van der Waals surface area contributed by atoms with Crippen molar-refractivity contribution >= 4 is 22.9 Å². The monoisotopic (exact) mass is 306 g/mol. The van der Waals surface area contributed by atoms with Crippen LogP contribution in [0.25, 0.3) is 16.6 Å². The number of carbonyl (C=O) groups excluding carboxylic acids is 1. The van der Waals surface area contributed by atoms with Gasteiger partial charge in [-0.2, -0.15) is 0 Å². The van der Waals surface area contributed by atoms with Gasteiger partial charge in [0.2, 0.25) is 0 Å². The second-order valence-electron chi connectivity index (χ2n) is 7.28. The number of rotatable bonds is 2. The van der Waals surface area contributed by atoms with Crippen LogP contribution in [0.4, 0.5) is 0 Å². The Morgan fingerprint density at radius 2 is 2.17 bits per heavy atom. The fraction of sp³-hybridized carbons (Fsp3) is 0.450. The molecule has 1 saturated heterocycles. The topological polar surface area (TPSA) is 25.2 Å². The van der Waals surface area contributed by atoms with Gasteiger partial charge in [0.25, 0.3) is 0 Å². The average molecular weight is 306 g/mol. The summed E-state index contributed by atoms with van der Waals surface area (Å²) in [7, 11) is 0. The van der Waals surface area contributed by atoms with Crippen molar-refractivity contribution in [3.63, 3.8) is 0 Å². The number of allylic oxidation sites excluding steroid dienone is 1. The van der Waals surface area contributed by atoms with Crippen LogP contribution in [-0.2, 0) is 11.2 Å². The molecule has 118 valence electrons. The summed E-state index contributed by atoms with van der Waals surface area (Å²) in [5, 5.41) is 1.34. The van der Waals surface area contributed by atoms with E-state index in [-0.39, 0.29) is 5.41 Å². The molecule has 3 aliphatic rings. The highest BCUT2D eigenvalue weighted by molar-refractivity contribution is 6.04. The van der Waals surface area contributed by atoms with Crippen LogP contribution in [0.3, 0.4) is 0 Å². The molecule has 0 amide bonds. The van der Waals surface area contributed by atoms with Crippen LogP contribution >= 0.6 is 0 Å². The Balaban J connectivity index is 1.91. The third kappa shape index (κ3) is 1.56. The molecule has 1 aromatic heterocycles. The van der Waals surface area contributed by atoms with E-state index in [9.17, 15) is 4.79 Å². The zero-order valence-electron chi connectivity index (χ0n) is 13.6. The van der Waals surface area contributed by atoms with Crippen molar-refractivity contribution in [2.24, 2.45) is 5.41 Å². The fourth-order valence-electron chi connectivity index (χ4n) is 5.41. The number of aromatic nitrogens is 1. The molecule has 5 rings (SSSR count). The number of fused-ring (bicyclic) bond motifs is 3. The van der Waals surface area contributed by atoms with Gasteiger partial charge in [0.15, 0.2) is 6.29 Å². The van der Waals surface area contributed by atoms with E-state index in [1.807, 2.05) is 0 Å². The van der Waals surface area contributed by atoms with Crippen molar-refractivity contribution in [3.05, 3.63) is 41.6 Å². The van der Waals surface area contributed by atoms with E-state index in [0.29, 0.717) is 6.04 Å². The van der Waals surface area contributed by atoms with Crippen LogP contribution in [0.2, 0.25) is 0 Å². The molecule has 0 unspecified atom stereocenters. The van der Waals surface area contributed by atoms with Gasteiger partial charge in [-0.1, -0.05) is 25.1 Å². The van der Waals surface area contributed by atoms with E-state index < -0.39 is 0 Å². The molecule has 2 atom stereocenters. The van der Waals surface area contributed by atoms with Crippen molar-refractivity contribution in [1.82, 2.24) is 9.47 Å². The maximum atomic E-state index is 11.9. The molecule has 0 radical (unpaired) electrons. The maximum Gasteiger partial charge on any atom is 0.166 e.